The minimum atomic E-state index is 0.164. The van der Waals surface area contributed by atoms with Gasteiger partial charge < -0.3 is 14.4 Å². The Kier molecular flexibility index (Phi) is 3.19. The summed E-state index contributed by atoms with van der Waals surface area (Å²) >= 11 is 3.41. The lowest BCUT2D eigenvalue weighted by molar-refractivity contribution is 0.289. The fourth-order valence-electron chi connectivity index (χ4n) is 1.42. The average Bonchev–Trinajstić information content (AvgIpc) is 2.57. The zero-order chi connectivity index (χ0) is 11.5. The Morgan fingerprint density at radius 3 is 2.75 bits per heavy atom. The van der Waals surface area contributed by atoms with E-state index in [1.807, 2.05) is 29.9 Å². The van der Waals surface area contributed by atoms with Gasteiger partial charge in [0.25, 0.3) is 0 Å². The van der Waals surface area contributed by atoms with Gasteiger partial charge in [-0.25, -0.2) is 0 Å². The lowest BCUT2D eigenvalue weighted by atomic mass is 10.3. The number of aromatic hydroxyl groups is 1. The first-order valence-electron chi connectivity index (χ1n) is 4.88. The molecule has 0 fully saturated rings. The maximum atomic E-state index is 9.51. The molecule has 3 nitrogen and oxygen atoms in total. The fraction of sp³-hybridized carbons (Fsp3) is 0.167. The van der Waals surface area contributed by atoms with Gasteiger partial charge in [-0.05, 0) is 34.1 Å². The first-order valence-corrected chi connectivity index (χ1v) is 5.67. The zero-order valence-corrected chi connectivity index (χ0v) is 10.4. The van der Waals surface area contributed by atoms with E-state index in [-0.39, 0.29) is 5.75 Å². The van der Waals surface area contributed by atoms with Gasteiger partial charge in [-0.3, -0.25) is 0 Å². The van der Waals surface area contributed by atoms with Gasteiger partial charge in [-0.15, -0.1) is 0 Å². The molecule has 0 unspecified atom stereocenters. The van der Waals surface area contributed by atoms with Crippen LogP contribution >= 0.6 is 15.9 Å². The SMILES string of the molecule is Cn1cc(COc2ccccc2O)cc1Br. The Bertz CT molecular complexity index is 474. The number of aryl methyl sites for hydroxylation is 1. The van der Waals surface area contributed by atoms with Crippen LogP contribution in [0, 0.1) is 0 Å². The number of rotatable bonds is 3. The van der Waals surface area contributed by atoms with Crippen LogP contribution < -0.4 is 4.74 Å². The number of nitrogens with zero attached hydrogens (tertiary/aromatic N) is 1. The molecule has 1 heterocycles. The lowest BCUT2D eigenvalue weighted by Crippen LogP contribution is -1.94. The highest BCUT2D eigenvalue weighted by atomic mass is 79.9. The second-order valence-electron chi connectivity index (χ2n) is 3.54. The Balaban J connectivity index is 2.05. The second-order valence-corrected chi connectivity index (χ2v) is 4.35. The van der Waals surface area contributed by atoms with Gasteiger partial charge >= 0.3 is 0 Å². The normalized spacial score (nSPS) is 10.4. The first-order chi connectivity index (χ1) is 7.66. The summed E-state index contributed by atoms with van der Waals surface area (Å²) in [6.45, 7) is 0.441. The summed E-state index contributed by atoms with van der Waals surface area (Å²) in [4.78, 5) is 0. The van der Waals surface area contributed by atoms with Gasteiger partial charge in [0.15, 0.2) is 11.5 Å². The number of phenols is 1. The average molecular weight is 282 g/mol. The molecule has 16 heavy (non-hydrogen) atoms. The largest absolute Gasteiger partial charge is 0.504 e. The summed E-state index contributed by atoms with van der Waals surface area (Å²) < 4.78 is 8.47. The minimum absolute atomic E-state index is 0.164. The summed E-state index contributed by atoms with van der Waals surface area (Å²) in [5.74, 6) is 0.667. The lowest BCUT2D eigenvalue weighted by Gasteiger charge is -2.05. The van der Waals surface area contributed by atoms with Crippen molar-refractivity contribution in [1.29, 1.82) is 0 Å². The Morgan fingerprint density at radius 1 is 1.38 bits per heavy atom. The third-order valence-electron chi connectivity index (χ3n) is 2.26. The Hall–Kier alpha value is -1.42. The monoisotopic (exact) mass is 281 g/mol. The maximum Gasteiger partial charge on any atom is 0.161 e. The fourth-order valence-corrected chi connectivity index (χ4v) is 1.82. The predicted octanol–water partition coefficient (Wildman–Crippen LogP) is 3.07. The molecular formula is C12H12BrNO2. The predicted molar refractivity (Wildman–Crippen MR) is 65.6 cm³/mol. The number of aromatic nitrogens is 1. The van der Waals surface area contributed by atoms with Gasteiger partial charge in [-0.2, -0.15) is 0 Å². The summed E-state index contributed by atoms with van der Waals surface area (Å²) in [6, 6.07) is 8.93. The molecule has 1 aromatic heterocycles. The molecule has 0 aliphatic heterocycles. The van der Waals surface area contributed by atoms with E-state index in [0.717, 1.165) is 10.2 Å². The van der Waals surface area contributed by atoms with Gasteiger partial charge in [0.2, 0.25) is 0 Å². The first kappa shape index (κ1) is 11.1. The molecule has 0 aliphatic carbocycles. The smallest absolute Gasteiger partial charge is 0.161 e. The second kappa shape index (κ2) is 4.61. The van der Waals surface area contributed by atoms with Crippen molar-refractivity contribution >= 4 is 15.9 Å². The topological polar surface area (TPSA) is 34.4 Å². The molecule has 0 bridgehead atoms. The maximum absolute atomic E-state index is 9.51. The summed E-state index contributed by atoms with van der Waals surface area (Å²) in [5, 5.41) is 9.51. The number of hydrogen-bond acceptors (Lipinski definition) is 2. The molecule has 0 saturated carbocycles. The molecule has 1 aromatic carbocycles. The number of benzene rings is 1. The Morgan fingerprint density at radius 2 is 2.12 bits per heavy atom. The van der Waals surface area contributed by atoms with Crippen molar-refractivity contribution in [3.8, 4) is 11.5 Å². The van der Waals surface area contributed by atoms with E-state index < -0.39 is 0 Å². The van der Waals surface area contributed by atoms with Crippen molar-refractivity contribution in [2.24, 2.45) is 7.05 Å². The number of hydrogen-bond donors (Lipinski definition) is 1. The van der Waals surface area contributed by atoms with E-state index in [1.54, 1.807) is 18.2 Å². The highest BCUT2D eigenvalue weighted by Crippen LogP contribution is 2.25. The van der Waals surface area contributed by atoms with Gasteiger partial charge in [-0.1, -0.05) is 12.1 Å². The molecule has 2 aromatic rings. The van der Waals surface area contributed by atoms with E-state index in [1.165, 1.54) is 0 Å². The molecular weight excluding hydrogens is 270 g/mol. The van der Waals surface area contributed by atoms with Crippen molar-refractivity contribution in [3.63, 3.8) is 0 Å². The van der Waals surface area contributed by atoms with Gasteiger partial charge in [0, 0.05) is 18.8 Å². The Labute approximate surface area is 102 Å². The van der Waals surface area contributed by atoms with Crippen molar-refractivity contribution in [3.05, 3.63) is 46.7 Å². The van der Waals surface area contributed by atoms with Crippen LogP contribution in [0.5, 0.6) is 11.5 Å². The van der Waals surface area contributed by atoms with E-state index >= 15 is 0 Å². The van der Waals surface area contributed by atoms with E-state index in [9.17, 15) is 5.11 Å². The van der Waals surface area contributed by atoms with Gasteiger partial charge in [0.1, 0.15) is 6.61 Å². The molecule has 84 valence electrons. The molecule has 0 radical (unpaired) electrons. The third kappa shape index (κ3) is 2.39. The van der Waals surface area contributed by atoms with E-state index in [4.69, 9.17) is 4.74 Å². The van der Waals surface area contributed by atoms with Crippen molar-refractivity contribution < 1.29 is 9.84 Å². The highest BCUT2D eigenvalue weighted by Gasteiger charge is 2.03. The van der Waals surface area contributed by atoms with Gasteiger partial charge in [0.05, 0.1) is 4.60 Å². The summed E-state index contributed by atoms with van der Waals surface area (Å²) in [6.07, 6.45) is 1.98. The molecule has 2 rings (SSSR count). The van der Waals surface area contributed by atoms with Crippen LogP contribution in [0.4, 0.5) is 0 Å². The molecule has 0 amide bonds. The van der Waals surface area contributed by atoms with Crippen LogP contribution in [0.2, 0.25) is 0 Å². The van der Waals surface area contributed by atoms with Crippen molar-refractivity contribution in [1.82, 2.24) is 4.57 Å². The molecule has 0 aliphatic rings. The van der Waals surface area contributed by atoms with Crippen molar-refractivity contribution in [2.45, 2.75) is 6.61 Å². The van der Waals surface area contributed by atoms with E-state index in [0.29, 0.717) is 12.4 Å². The summed E-state index contributed by atoms with van der Waals surface area (Å²) in [5.41, 5.74) is 1.05. The van der Waals surface area contributed by atoms with Crippen LogP contribution in [0.1, 0.15) is 5.56 Å². The summed E-state index contributed by atoms with van der Waals surface area (Å²) in [7, 11) is 1.95. The van der Waals surface area contributed by atoms with Crippen molar-refractivity contribution in [2.75, 3.05) is 0 Å². The van der Waals surface area contributed by atoms with Crippen LogP contribution in [0.3, 0.4) is 0 Å². The number of halogens is 1. The highest BCUT2D eigenvalue weighted by molar-refractivity contribution is 9.10. The molecule has 0 saturated heterocycles. The number of ether oxygens (including phenoxy) is 1. The van der Waals surface area contributed by atoms with Crippen LogP contribution in [-0.4, -0.2) is 9.67 Å². The molecule has 0 atom stereocenters. The number of para-hydroxylation sites is 2. The quantitative estimate of drug-likeness (QED) is 0.938. The van der Waals surface area contributed by atoms with Crippen LogP contribution in [0.15, 0.2) is 41.1 Å². The zero-order valence-electron chi connectivity index (χ0n) is 8.85. The standard InChI is InChI=1S/C12H12BrNO2/c1-14-7-9(6-12(14)13)8-16-11-5-3-2-4-10(11)15/h2-7,15H,8H2,1H3. The molecule has 0 spiro atoms. The van der Waals surface area contributed by atoms with E-state index in [2.05, 4.69) is 15.9 Å². The molecule has 1 N–H and O–H groups in total. The third-order valence-corrected chi connectivity index (χ3v) is 3.05. The molecule has 4 heteroatoms. The van der Waals surface area contributed by atoms with Crippen LogP contribution in [-0.2, 0) is 13.7 Å². The number of phenolic OH excluding ortho intramolecular Hbond substituents is 1. The van der Waals surface area contributed by atoms with Crippen LogP contribution in [0.25, 0.3) is 0 Å². The minimum Gasteiger partial charge on any atom is -0.504 e.